The van der Waals surface area contributed by atoms with Gasteiger partial charge in [0, 0.05) is 5.02 Å². The van der Waals surface area contributed by atoms with Crippen LogP contribution in [0.1, 0.15) is 19.4 Å². The summed E-state index contributed by atoms with van der Waals surface area (Å²) in [5.74, 6) is 0.621. The lowest BCUT2D eigenvalue weighted by Gasteiger charge is -2.13. The van der Waals surface area contributed by atoms with Crippen molar-refractivity contribution in [3.05, 3.63) is 53.1 Å². The van der Waals surface area contributed by atoms with Crippen molar-refractivity contribution in [3.8, 4) is 5.75 Å². The fourth-order valence-electron chi connectivity index (χ4n) is 2.04. The second kappa shape index (κ2) is 7.32. The number of ether oxygens (including phenoxy) is 1. The van der Waals surface area contributed by atoms with E-state index in [1.54, 1.807) is 13.8 Å². The van der Waals surface area contributed by atoms with Crippen molar-refractivity contribution in [2.45, 2.75) is 24.8 Å². The molecule has 0 saturated carbocycles. The normalized spacial score (nSPS) is 11.5. The fraction of sp³-hybridized carbons (Fsp3) is 0.222. The van der Waals surface area contributed by atoms with E-state index in [-0.39, 0.29) is 5.91 Å². The number of halogens is 2. The van der Waals surface area contributed by atoms with Gasteiger partial charge in [-0.05, 0) is 49.7 Å². The summed E-state index contributed by atoms with van der Waals surface area (Å²) in [5.41, 5.74) is 1.87. The Bertz CT molecular complexity index is 904. The molecule has 25 heavy (non-hydrogen) atoms. The molecule has 4 nitrogen and oxygen atoms in total. The van der Waals surface area contributed by atoms with Crippen molar-refractivity contribution in [1.82, 2.24) is 4.98 Å². The third-order valence-electron chi connectivity index (χ3n) is 3.44. The summed E-state index contributed by atoms with van der Waals surface area (Å²) < 4.78 is 6.14. The van der Waals surface area contributed by atoms with E-state index in [0.717, 1.165) is 21.5 Å². The highest BCUT2D eigenvalue weighted by molar-refractivity contribution is 9.10. The van der Waals surface area contributed by atoms with Crippen LogP contribution >= 0.6 is 38.9 Å². The number of thiazole rings is 1. The molecule has 3 rings (SSSR count). The lowest BCUT2D eigenvalue weighted by molar-refractivity contribution is -0.117. The van der Waals surface area contributed by atoms with Gasteiger partial charge >= 0.3 is 0 Å². The van der Waals surface area contributed by atoms with Crippen molar-refractivity contribution in [2.24, 2.45) is 0 Å². The highest BCUT2D eigenvalue weighted by atomic mass is 79.9. The van der Waals surface area contributed by atoms with E-state index < -0.39 is 4.32 Å². The molecule has 0 unspecified atom stereocenters. The highest BCUT2D eigenvalue weighted by Gasteiger charge is 2.24. The number of aromatic nitrogens is 1. The van der Waals surface area contributed by atoms with E-state index >= 15 is 0 Å². The number of nitrogens with one attached hydrogen (secondary N) is 1. The molecular weight excluding hydrogens is 424 g/mol. The molecule has 0 saturated heterocycles. The van der Waals surface area contributed by atoms with Crippen LogP contribution < -0.4 is 10.1 Å². The minimum atomic E-state index is -0.641. The van der Waals surface area contributed by atoms with Gasteiger partial charge in [0.2, 0.25) is 5.91 Å². The molecular formula is C18H16BrClN2O2S. The molecule has 1 aromatic heterocycles. The molecule has 0 aliphatic heterocycles. The van der Waals surface area contributed by atoms with E-state index in [2.05, 4.69) is 26.2 Å². The van der Waals surface area contributed by atoms with Crippen LogP contribution in [0.25, 0.3) is 10.2 Å². The third-order valence-corrected chi connectivity index (χ3v) is 4.98. The summed E-state index contributed by atoms with van der Waals surface area (Å²) in [7, 11) is 0. The Balaban J connectivity index is 1.71. The first kappa shape index (κ1) is 18.2. The Hall–Kier alpha value is -1.63. The first-order valence-corrected chi connectivity index (χ1v) is 9.58. The Morgan fingerprint density at radius 3 is 2.68 bits per heavy atom. The molecule has 0 spiro atoms. The zero-order valence-corrected chi connectivity index (χ0v) is 16.8. The maximum atomic E-state index is 12.0. The molecule has 2 aromatic carbocycles. The predicted octanol–water partition coefficient (Wildman–Crippen LogP) is 5.64. The van der Waals surface area contributed by atoms with Gasteiger partial charge in [0.25, 0.3) is 0 Å². The number of hydrogen-bond donors (Lipinski definition) is 1. The minimum Gasteiger partial charge on any atom is -0.489 e. The predicted molar refractivity (Wildman–Crippen MR) is 107 cm³/mol. The quantitative estimate of drug-likeness (QED) is 0.523. The topological polar surface area (TPSA) is 51.2 Å². The average Bonchev–Trinajstić information content (AvgIpc) is 2.95. The van der Waals surface area contributed by atoms with Gasteiger partial charge in [0.1, 0.15) is 12.4 Å². The number of hydrogen-bond acceptors (Lipinski definition) is 4. The van der Waals surface area contributed by atoms with E-state index in [9.17, 15) is 4.79 Å². The molecule has 0 radical (unpaired) electrons. The van der Waals surface area contributed by atoms with Crippen LogP contribution in [0.4, 0.5) is 5.13 Å². The van der Waals surface area contributed by atoms with E-state index in [0.29, 0.717) is 16.8 Å². The largest absolute Gasteiger partial charge is 0.489 e. The number of nitrogens with zero attached hydrogens (tertiary/aromatic N) is 1. The molecule has 0 fully saturated rings. The van der Waals surface area contributed by atoms with Crippen LogP contribution in [0.15, 0.2) is 42.5 Å². The van der Waals surface area contributed by atoms with Gasteiger partial charge in [-0.15, -0.1) is 0 Å². The average molecular weight is 440 g/mol. The van der Waals surface area contributed by atoms with Crippen molar-refractivity contribution in [2.75, 3.05) is 5.32 Å². The molecule has 130 valence electrons. The van der Waals surface area contributed by atoms with Gasteiger partial charge in [0.05, 0.1) is 14.5 Å². The Morgan fingerprint density at radius 2 is 2.00 bits per heavy atom. The molecule has 1 heterocycles. The Kier molecular flexibility index (Phi) is 5.32. The van der Waals surface area contributed by atoms with Crippen LogP contribution in [-0.2, 0) is 11.4 Å². The van der Waals surface area contributed by atoms with Crippen molar-refractivity contribution >= 4 is 60.1 Å². The summed E-state index contributed by atoms with van der Waals surface area (Å²) in [5, 5.41) is 4.10. The molecule has 1 amide bonds. The molecule has 0 aliphatic rings. The van der Waals surface area contributed by atoms with Crippen LogP contribution in [0.2, 0.25) is 5.02 Å². The summed E-state index contributed by atoms with van der Waals surface area (Å²) in [6.07, 6.45) is 0. The molecule has 7 heteroatoms. The maximum Gasteiger partial charge on any atom is 0.242 e. The van der Waals surface area contributed by atoms with Crippen molar-refractivity contribution in [1.29, 1.82) is 0 Å². The standard InChI is InChI=1S/C18H16BrClN2O2S/c1-18(2,19)16(23)22-17-21-14-8-7-13(9-15(14)25-17)24-10-11-3-5-12(20)6-4-11/h3-9H,10H2,1-2H3,(H,21,22,23). The zero-order chi connectivity index (χ0) is 18.0. The second-order valence-electron chi connectivity index (χ2n) is 5.99. The number of anilines is 1. The summed E-state index contributed by atoms with van der Waals surface area (Å²) in [6.45, 7) is 4.04. The first-order valence-electron chi connectivity index (χ1n) is 7.59. The molecule has 0 atom stereocenters. The van der Waals surface area contributed by atoms with Crippen LogP contribution in [0, 0.1) is 0 Å². The smallest absolute Gasteiger partial charge is 0.242 e. The van der Waals surface area contributed by atoms with E-state index in [1.807, 2.05) is 42.5 Å². The molecule has 3 aromatic rings. The van der Waals surface area contributed by atoms with Crippen molar-refractivity contribution in [3.63, 3.8) is 0 Å². The van der Waals surface area contributed by atoms with E-state index in [1.165, 1.54) is 11.3 Å². The van der Waals surface area contributed by atoms with Gasteiger partial charge in [-0.25, -0.2) is 4.98 Å². The van der Waals surface area contributed by atoms with Gasteiger partial charge < -0.3 is 10.1 Å². The number of alkyl halides is 1. The van der Waals surface area contributed by atoms with Gasteiger partial charge in [-0.1, -0.05) is 51.0 Å². The Morgan fingerprint density at radius 1 is 1.28 bits per heavy atom. The number of rotatable bonds is 5. The van der Waals surface area contributed by atoms with Gasteiger partial charge in [-0.2, -0.15) is 0 Å². The molecule has 0 bridgehead atoms. The summed E-state index contributed by atoms with van der Waals surface area (Å²) in [6, 6.07) is 13.2. The summed E-state index contributed by atoms with van der Waals surface area (Å²) in [4.78, 5) is 16.5. The lowest BCUT2D eigenvalue weighted by Crippen LogP contribution is -2.30. The molecule has 1 N–H and O–H groups in total. The van der Waals surface area contributed by atoms with Crippen LogP contribution in [0.5, 0.6) is 5.75 Å². The summed E-state index contributed by atoms with van der Waals surface area (Å²) >= 11 is 10.6. The van der Waals surface area contributed by atoms with E-state index in [4.69, 9.17) is 16.3 Å². The van der Waals surface area contributed by atoms with Gasteiger partial charge in [0.15, 0.2) is 5.13 Å². The number of benzene rings is 2. The van der Waals surface area contributed by atoms with Crippen LogP contribution in [-0.4, -0.2) is 15.2 Å². The maximum absolute atomic E-state index is 12.0. The van der Waals surface area contributed by atoms with Crippen LogP contribution in [0.3, 0.4) is 0 Å². The second-order valence-corrected chi connectivity index (χ2v) is 9.44. The number of fused-ring (bicyclic) bond motifs is 1. The number of carbonyl (C=O) groups excluding carboxylic acids is 1. The zero-order valence-electron chi connectivity index (χ0n) is 13.7. The molecule has 0 aliphatic carbocycles. The van der Waals surface area contributed by atoms with Crippen molar-refractivity contribution < 1.29 is 9.53 Å². The monoisotopic (exact) mass is 438 g/mol. The first-order chi connectivity index (χ1) is 11.8. The lowest BCUT2D eigenvalue weighted by atomic mass is 10.2. The van der Waals surface area contributed by atoms with Gasteiger partial charge in [-0.3, -0.25) is 4.79 Å². The Labute approximate surface area is 163 Å². The highest BCUT2D eigenvalue weighted by Crippen LogP contribution is 2.30. The number of amides is 1. The SMILES string of the molecule is CC(C)(Br)C(=O)Nc1nc2ccc(OCc3ccc(Cl)cc3)cc2s1. The third kappa shape index (κ3) is 4.71. The number of carbonyl (C=O) groups is 1. The minimum absolute atomic E-state index is 0.134. The fourth-order valence-corrected chi connectivity index (χ4v) is 3.16.